The van der Waals surface area contributed by atoms with E-state index in [4.69, 9.17) is 4.74 Å². The molecule has 45 heavy (non-hydrogen) atoms. The molecule has 2 aromatic rings. The van der Waals surface area contributed by atoms with Crippen LogP contribution < -0.4 is 15.9 Å². The summed E-state index contributed by atoms with van der Waals surface area (Å²) in [6, 6.07) is 1.95. The molecule has 1 amide bonds. The summed E-state index contributed by atoms with van der Waals surface area (Å²) < 4.78 is 39.9. The number of ether oxygens (including phenoxy) is 1. The number of carbonyl (C=O) groups is 1. The maximum absolute atomic E-state index is 16.0. The fourth-order valence-electron chi connectivity index (χ4n) is 7.13. The van der Waals surface area contributed by atoms with Crippen molar-refractivity contribution in [1.29, 1.82) is 0 Å². The van der Waals surface area contributed by atoms with E-state index in [0.29, 0.717) is 31.1 Å². The molecule has 5 heterocycles. The van der Waals surface area contributed by atoms with Crippen LogP contribution in [-0.2, 0) is 27.4 Å². The number of hydrogen-bond donors (Lipinski definition) is 2. The average molecular weight is 636 g/mol. The van der Waals surface area contributed by atoms with E-state index in [2.05, 4.69) is 34.1 Å². The molecule has 0 aromatic carbocycles. The van der Waals surface area contributed by atoms with Gasteiger partial charge in [0.05, 0.1) is 48.8 Å². The first-order valence-corrected chi connectivity index (χ1v) is 16.3. The van der Waals surface area contributed by atoms with Crippen LogP contribution in [0.2, 0.25) is 0 Å². The number of nitrogens with zero attached hydrogens (tertiary/aromatic N) is 6. The third-order valence-corrected chi connectivity index (χ3v) is 9.22. The highest BCUT2D eigenvalue weighted by Gasteiger charge is 2.46. The van der Waals surface area contributed by atoms with Crippen molar-refractivity contribution in [2.75, 3.05) is 57.4 Å². The highest BCUT2D eigenvalue weighted by Crippen LogP contribution is 2.45. The van der Waals surface area contributed by atoms with E-state index >= 15 is 8.78 Å². The normalized spacial score (nSPS) is 25.0. The van der Waals surface area contributed by atoms with Gasteiger partial charge in [-0.25, -0.2) is 22.7 Å². The van der Waals surface area contributed by atoms with Gasteiger partial charge in [0.2, 0.25) is 5.91 Å². The topological polar surface area (TPSA) is 108 Å². The number of pyridine rings is 1. The molecule has 2 fully saturated rings. The Morgan fingerprint density at radius 2 is 1.96 bits per heavy atom. The molecule has 252 valence electrons. The second-order valence-corrected chi connectivity index (χ2v) is 15.2. The van der Waals surface area contributed by atoms with Gasteiger partial charge in [-0.2, -0.15) is 0 Å². The van der Waals surface area contributed by atoms with E-state index < -0.39 is 29.0 Å². The van der Waals surface area contributed by atoms with Gasteiger partial charge in [0.25, 0.3) is 5.92 Å². The fraction of sp³-hybridized carbons (Fsp3) is 0.781. The van der Waals surface area contributed by atoms with Gasteiger partial charge in [0.15, 0.2) is 5.65 Å². The van der Waals surface area contributed by atoms with E-state index in [1.54, 1.807) is 18.7 Å². The molecule has 0 aliphatic carbocycles. The molecule has 0 radical (unpaired) electrons. The second-order valence-electron chi connectivity index (χ2n) is 15.2. The molecule has 0 bridgehead atoms. The lowest BCUT2D eigenvalue weighted by Crippen LogP contribution is -2.62. The first-order valence-electron chi connectivity index (χ1n) is 16.3. The number of anilines is 1. The van der Waals surface area contributed by atoms with Crippen molar-refractivity contribution in [2.45, 2.75) is 103 Å². The van der Waals surface area contributed by atoms with Gasteiger partial charge in [-0.3, -0.25) is 14.6 Å². The van der Waals surface area contributed by atoms with E-state index in [-0.39, 0.29) is 60.8 Å². The second kappa shape index (κ2) is 12.3. The van der Waals surface area contributed by atoms with Gasteiger partial charge in [0.1, 0.15) is 0 Å². The number of nitrogens with one attached hydrogen (secondary N) is 1. The number of morpholine rings is 1. The molecule has 0 spiro atoms. The summed E-state index contributed by atoms with van der Waals surface area (Å²) in [6.45, 7) is 19.2. The molecule has 2 saturated heterocycles. The quantitative estimate of drug-likeness (QED) is 0.433. The Balaban J connectivity index is 1.55. The Morgan fingerprint density at radius 1 is 1.24 bits per heavy atom. The number of rotatable bonds is 9. The molecule has 5 rings (SSSR count). The number of carbonyl (C=O) groups excluding carboxylic acids is 1. The van der Waals surface area contributed by atoms with Crippen molar-refractivity contribution in [1.82, 2.24) is 29.3 Å². The summed E-state index contributed by atoms with van der Waals surface area (Å²) in [7, 11) is 0. The van der Waals surface area contributed by atoms with Crippen molar-refractivity contribution in [3.63, 3.8) is 0 Å². The summed E-state index contributed by atoms with van der Waals surface area (Å²) in [5.41, 5.74) is -2.33. The van der Waals surface area contributed by atoms with Crippen molar-refractivity contribution in [2.24, 2.45) is 5.92 Å². The fourth-order valence-corrected chi connectivity index (χ4v) is 7.13. The molecule has 3 aliphatic heterocycles. The molecular weight excluding hydrogens is 584 g/mol. The summed E-state index contributed by atoms with van der Waals surface area (Å²) in [6.07, 6.45) is -0.439. The van der Waals surface area contributed by atoms with Gasteiger partial charge in [0, 0.05) is 62.7 Å². The van der Waals surface area contributed by atoms with Crippen LogP contribution in [0.15, 0.2) is 10.9 Å². The number of fused-ring (bicyclic) bond motifs is 3. The van der Waals surface area contributed by atoms with E-state index in [1.165, 1.54) is 24.3 Å². The van der Waals surface area contributed by atoms with E-state index in [9.17, 15) is 14.7 Å². The number of piperazine rings is 1. The van der Waals surface area contributed by atoms with Crippen LogP contribution in [0.25, 0.3) is 5.65 Å². The first kappa shape index (κ1) is 33.9. The SMILES string of the molecule is CC(C)CC(F)(F)c1cc2c(n3c(=O)n(CC(C)(C)O)nc13)C(C)(C)CN2C(=O)CN1C[C@@H](C)NC[C@@H]1CN1CCOC[C@H]1C. The Morgan fingerprint density at radius 3 is 2.60 bits per heavy atom. The number of amides is 1. The van der Waals surface area contributed by atoms with E-state index in [1.807, 2.05) is 13.8 Å². The van der Waals surface area contributed by atoms with Crippen LogP contribution in [0.1, 0.15) is 73.1 Å². The van der Waals surface area contributed by atoms with Crippen molar-refractivity contribution in [3.8, 4) is 0 Å². The van der Waals surface area contributed by atoms with Gasteiger partial charge in [-0.15, -0.1) is 5.10 Å². The minimum absolute atomic E-state index is 0.0943. The smallest absolute Gasteiger partial charge is 0.350 e. The van der Waals surface area contributed by atoms with Crippen LogP contribution in [0.3, 0.4) is 0 Å². The number of alkyl halides is 2. The van der Waals surface area contributed by atoms with Crippen LogP contribution in [0.5, 0.6) is 0 Å². The molecule has 0 saturated carbocycles. The Hall–Kier alpha value is -2.45. The average Bonchev–Trinajstić information content (AvgIpc) is 3.36. The monoisotopic (exact) mass is 635 g/mol. The largest absolute Gasteiger partial charge is 0.389 e. The van der Waals surface area contributed by atoms with Gasteiger partial charge >= 0.3 is 5.69 Å². The van der Waals surface area contributed by atoms with Crippen LogP contribution in [-0.4, -0.2) is 111 Å². The minimum atomic E-state index is -3.30. The summed E-state index contributed by atoms with van der Waals surface area (Å²) in [4.78, 5) is 34.2. The molecule has 3 atom stereocenters. The minimum Gasteiger partial charge on any atom is -0.389 e. The molecule has 0 unspecified atom stereocenters. The zero-order valence-electron chi connectivity index (χ0n) is 28.1. The van der Waals surface area contributed by atoms with Crippen molar-refractivity contribution < 1.29 is 23.4 Å². The van der Waals surface area contributed by atoms with Gasteiger partial charge in [-0.05, 0) is 39.7 Å². The molecule has 2 N–H and O–H groups in total. The Kier molecular flexibility index (Phi) is 9.26. The number of hydrogen-bond acceptors (Lipinski definition) is 8. The molecular formula is C32H51F2N7O4. The zero-order chi connectivity index (χ0) is 33.1. The predicted molar refractivity (Wildman–Crippen MR) is 169 cm³/mol. The maximum atomic E-state index is 16.0. The first-order chi connectivity index (χ1) is 20.9. The van der Waals surface area contributed by atoms with Crippen molar-refractivity contribution >= 4 is 17.2 Å². The molecule has 11 nitrogen and oxygen atoms in total. The predicted octanol–water partition coefficient (Wildman–Crippen LogP) is 2.41. The molecule has 3 aliphatic rings. The highest BCUT2D eigenvalue weighted by atomic mass is 19.3. The summed E-state index contributed by atoms with van der Waals surface area (Å²) >= 11 is 0. The van der Waals surface area contributed by atoms with Gasteiger partial charge in [-0.1, -0.05) is 27.7 Å². The molecule has 2 aromatic heterocycles. The lowest BCUT2D eigenvalue weighted by atomic mass is 9.90. The maximum Gasteiger partial charge on any atom is 0.350 e. The standard InChI is InChI=1S/C32H51F2N7O4/c1-20(2)12-32(33,34)24-11-25-27(41-28(24)36-40(29(41)43)19-31(7,8)44)30(5,6)18-39(25)26(42)16-38-14-21(3)35-13-23(38)15-37-9-10-45-17-22(37)4/h11,20-23,35,44H,9-10,12-19H2,1-8H3/t21-,22-,23-/m1/s1. The number of aromatic nitrogens is 3. The Labute approximate surface area is 264 Å². The van der Waals surface area contributed by atoms with Gasteiger partial charge < -0.3 is 20.1 Å². The number of aliphatic hydroxyl groups is 1. The van der Waals surface area contributed by atoms with Crippen LogP contribution >= 0.6 is 0 Å². The highest BCUT2D eigenvalue weighted by molar-refractivity contribution is 5.98. The Bertz CT molecular complexity index is 1460. The third kappa shape index (κ3) is 6.97. The lowest BCUT2D eigenvalue weighted by molar-refractivity contribution is -0.121. The lowest BCUT2D eigenvalue weighted by Gasteiger charge is -2.43. The third-order valence-electron chi connectivity index (χ3n) is 9.22. The van der Waals surface area contributed by atoms with E-state index in [0.717, 1.165) is 24.3 Å². The number of halogens is 2. The summed E-state index contributed by atoms with van der Waals surface area (Å²) in [5.74, 6) is -3.82. The zero-order valence-corrected chi connectivity index (χ0v) is 28.1. The van der Waals surface area contributed by atoms with Crippen LogP contribution in [0, 0.1) is 5.92 Å². The molecule has 13 heteroatoms. The summed E-state index contributed by atoms with van der Waals surface area (Å²) in [5, 5.41) is 18.4. The van der Waals surface area contributed by atoms with Crippen LogP contribution in [0.4, 0.5) is 14.5 Å². The van der Waals surface area contributed by atoms with Crippen molar-refractivity contribution in [3.05, 3.63) is 27.8 Å².